The van der Waals surface area contributed by atoms with Crippen molar-refractivity contribution in [1.82, 2.24) is 5.73 Å². The summed E-state index contributed by atoms with van der Waals surface area (Å²) in [5.41, 5.74) is 11.5. The van der Waals surface area contributed by atoms with Crippen molar-refractivity contribution < 1.29 is 9.53 Å². The van der Waals surface area contributed by atoms with Gasteiger partial charge in [0.25, 0.3) is 5.91 Å². The predicted molar refractivity (Wildman–Crippen MR) is 28.0 cm³/mol. The molecule has 0 saturated carbocycles. The van der Waals surface area contributed by atoms with E-state index in [9.17, 15) is 4.79 Å². The van der Waals surface area contributed by atoms with Crippen LogP contribution in [0.25, 0.3) is 0 Å². The maximum Gasteiger partial charge on any atom is 0.257 e. The lowest BCUT2D eigenvalue weighted by molar-refractivity contribution is -0.120. The van der Waals surface area contributed by atoms with Gasteiger partial charge in [0.05, 0.1) is 6.61 Å². The van der Waals surface area contributed by atoms with Crippen LogP contribution in [0.15, 0.2) is 0 Å². The van der Waals surface area contributed by atoms with Crippen LogP contribution in [0.4, 0.5) is 0 Å². The third-order valence-corrected chi connectivity index (χ3v) is 0.683. The lowest BCUT2D eigenvalue weighted by Gasteiger charge is -2.01. The van der Waals surface area contributed by atoms with E-state index < -0.39 is 11.9 Å². The van der Waals surface area contributed by atoms with Crippen LogP contribution in [0, 0.1) is 0 Å². The average molecular weight is 117 g/mol. The molecule has 0 aromatic rings. The Morgan fingerprint density at radius 1 is 2.00 bits per heavy atom. The molecule has 0 aromatic carbocycles. The molecule has 4 heteroatoms. The molecule has 0 aromatic heterocycles. The number of amides is 1. The van der Waals surface area contributed by atoms with Crippen molar-refractivity contribution >= 4 is 5.91 Å². The maximum atomic E-state index is 10.00. The summed E-state index contributed by atoms with van der Waals surface area (Å²) >= 11 is 0. The third kappa shape index (κ3) is 2.54. The summed E-state index contributed by atoms with van der Waals surface area (Å²) in [5, 5.41) is 0. The first-order valence-electron chi connectivity index (χ1n) is 2.18. The van der Waals surface area contributed by atoms with Gasteiger partial charge in [-0.2, -0.15) is 0 Å². The van der Waals surface area contributed by atoms with E-state index >= 15 is 0 Å². The smallest absolute Gasteiger partial charge is 0.257 e. The van der Waals surface area contributed by atoms with Gasteiger partial charge >= 0.3 is 0 Å². The molecule has 0 aliphatic heterocycles. The Balaban J connectivity index is 3.32. The zero-order chi connectivity index (χ0) is 6.57. The molecule has 1 radical (unpaired) electrons. The molecular formula is C4H9N2O2. The van der Waals surface area contributed by atoms with Gasteiger partial charge in [-0.15, -0.1) is 0 Å². The number of nitrogens with two attached hydrogens (primary N) is 1. The van der Waals surface area contributed by atoms with Gasteiger partial charge in [-0.3, -0.25) is 10.5 Å². The topological polar surface area (TPSA) is 76.1 Å². The van der Waals surface area contributed by atoms with Crippen molar-refractivity contribution in [3.8, 4) is 0 Å². The van der Waals surface area contributed by atoms with Gasteiger partial charge in [-0.05, 0) is 0 Å². The standard InChI is InChI=1S/C4H9N2O2/c1-8-2-3(5)4(6)7/h3,6H,2,5H2,1H3. The lowest BCUT2D eigenvalue weighted by atomic mass is 10.3. The molecule has 0 heterocycles. The van der Waals surface area contributed by atoms with Crippen molar-refractivity contribution in [2.45, 2.75) is 6.04 Å². The monoisotopic (exact) mass is 117 g/mol. The minimum Gasteiger partial charge on any atom is -0.383 e. The minimum absolute atomic E-state index is 0.127. The van der Waals surface area contributed by atoms with Gasteiger partial charge in [0.15, 0.2) is 0 Å². The van der Waals surface area contributed by atoms with Crippen molar-refractivity contribution in [1.29, 1.82) is 0 Å². The van der Waals surface area contributed by atoms with E-state index in [1.165, 1.54) is 7.11 Å². The predicted octanol–water partition coefficient (Wildman–Crippen LogP) is -1.23. The summed E-state index contributed by atoms with van der Waals surface area (Å²) < 4.78 is 4.50. The number of carbonyl (C=O) groups is 1. The molecule has 1 unspecified atom stereocenters. The number of methoxy groups -OCH3 is 1. The van der Waals surface area contributed by atoms with E-state index in [0.717, 1.165) is 0 Å². The molecule has 0 aliphatic rings. The fourth-order valence-corrected chi connectivity index (χ4v) is 0.255. The van der Waals surface area contributed by atoms with Crippen molar-refractivity contribution in [2.24, 2.45) is 5.73 Å². The normalized spacial score (nSPS) is 13.2. The SMILES string of the molecule is COCC(N)C([NH])=O. The van der Waals surface area contributed by atoms with Gasteiger partial charge in [-0.1, -0.05) is 0 Å². The Morgan fingerprint density at radius 3 is 2.62 bits per heavy atom. The number of ether oxygens (including phenoxy) is 1. The molecule has 0 saturated heterocycles. The molecule has 0 spiro atoms. The first kappa shape index (κ1) is 7.39. The minimum atomic E-state index is -0.785. The molecular weight excluding hydrogens is 108 g/mol. The van der Waals surface area contributed by atoms with Crippen LogP contribution in [0.2, 0.25) is 0 Å². The highest BCUT2D eigenvalue weighted by molar-refractivity contribution is 5.78. The van der Waals surface area contributed by atoms with Crippen molar-refractivity contribution in [3.05, 3.63) is 0 Å². The van der Waals surface area contributed by atoms with Gasteiger partial charge in [-0.25, -0.2) is 0 Å². The summed E-state index contributed by atoms with van der Waals surface area (Å²) in [6.45, 7) is 0.127. The Labute approximate surface area is 47.8 Å². The summed E-state index contributed by atoms with van der Waals surface area (Å²) in [6, 6.07) is -0.778. The highest BCUT2D eigenvalue weighted by atomic mass is 16.5. The Kier molecular flexibility index (Phi) is 3.14. The summed E-state index contributed by atoms with van der Waals surface area (Å²) in [6.07, 6.45) is 0. The molecule has 4 nitrogen and oxygen atoms in total. The van der Waals surface area contributed by atoms with Gasteiger partial charge < -0.3 is 10.5 Å². The van der Waals surface area contributed by atoms with Gasteiger partial charge in [0.1, 0.15) is 6.04 Å². The largest absolute Gasteiger partial charge is 0.383 e. The van der Waals surface area contributed by atoms with Crippen LogP contribution in [0.5, 0.6) is 0 Å². The van der Waals surface area contributed by atoms with Crippen LogP contribution < -0.4 is 11.5 Å². The molecule has 8 heavy (non-hydrogen) atoms. The Morgan fingerprint density at radius 2 is 2.50 bits per heavy atom. The van der Waals surface area contributed by atoms with Crippen LogP contribution in [0.1, 0.15) is 0 Å². The summed E-state index contributed by atoms with van der Waals surface area (Å²) in [7, 11) is 1.43. The first-order chi connectivity index (χ1) is 3.68. The van der Waals surface area contributed by atoms with Crippen LogP contribution in [-0.2, 0) is 9.53 Å². The van der Waals surface area contributed by atoms with E-state index in [-0.39, 0.29) is 6.61 Å². The molecule has 0 bridgehead atoms. The quantitative estimate of drug-likeness (QED) is 0.502. The third-order valence-electron chi connectivity index (χ3n) is 0.683. The highest BCUT2D eigenvalue weighted by Gasteiger charge is 2.07. The molecule has 47 valence electrons. The van der Waals surface area contributed by atoms with E-state index in [1.807, 2.05) is 0 Å². The van der Waals surface area contributed by atoms with E-state index in [1.54, 1.807) is 0 Å². The second-order valence-corrected chi connectivity index (χ2v) is 1.43. The average Bonchev–Trinajstić information content (AvgIpc) is 1.67. The van der Waals surface area contributed by atoms with E-state index in [4.69, 9.17) is 11.5 Å². The maximum absolute atomic E-state index is 10.00. The number of hydrogen-bond donors (Lipinski definition) is 1. The fraction of sp³-hybridized carbons (Fsp3) is 0.750. The number of carbonyl (C=O) groups excluding carboxylic acids is 1. The van der Waals surface area contributed by atoms with Crippen LogP contribution >= 0.6 is 0 Å². The molecule has 0 rings (SSSR count). The summed E-state index contributed by atoms with van der Waals surface area (Å²) in [5.74, 6) is -0.785. The van der Waals surface area contributed by atoms with Crippen LogP contribution in [0.3, 0.4) is 0 Å². The van der Waals surface area contributed by atoms with Crippen molar-refractivity contribution in [2.75, 3.05) is 13.7 Å². The van der Waals surface area contributed by atoms with Gasteiger partial charge in [0.2, 0.25) is 0 Å². The molecule has 0 fully saturated rings. The molecule has 1 atom stereocenters. The highest BCUT2D eigenvalue weighted by Crippen LogP contribution is 1.76. The second-order valence-electron chi connectivity index (χ2n) is 1.43. The number of nitrogens with one attached hydrogen (secondary N) is 1. The second kappa shape index (κ2) is 3.40. The number of rotatable bonds is 3. The Hall–Kier alpha value is -0.610. The molecule has 3 N–H and O–H groups in total. The first-order valence-corrected chi connectivity index (χ1v) is 2.18. The van der Waals surface area contributed by atoms with Crippen LogP contribution in [-0.4, -0.2) is 25.7 Å². The van der Waals surface area contributed by atoms with E-state index in [2.05, 4.69) is 4.74 Å². The zero-order valence-electron chi connectivity index (χ0n) is 4.68. The lowest BCUT2D eigenvalue weighted by Crippen LogP contribution is -2.35. The molecule has 0 aliphatic carbocycles. The van der Waals surface area contributed by atoms with E-state index in [0.29, 0.717) is 0 Å². The summed E-state index contributed by atoms with van der Waals surface area (Å²) in [4.78, 5) is 10.00. The molecule has 1 amide bonds. The van der Waals surface area contributed by atoms with Crippen molar-refractivity contribution in [3.63, 3.8) is 0 Å². The zero-order valence-corrected chi connectivity index (χ0v) is 4.68. The fourth-order valence-electron chi connectivity index (χ4n) is 0.255. The van der Waals surface area contributed by atoms with Gasteiger partial charge in [0, 0.05) is 7.11 Å². The number of hydrogen-bond acceptors (Lipinski definition) is 3. The Bertz CT molecular complexity index is 84.1.